The van der Waals surface area contributed by atoms with E-state index >= 15 is 0 Å². The summed E-state index contributed by atoms with van der Waals surface area (Å²) in [7, 11) is 0. The molecule has 0 spiro atoms. The van der Waals surface area contributed by atoms with Gasteiger partial charge in [0.15, 0.2) is 0 Å². The van der Waals surface area contributed by atoms with Crippen LogP contribution in [-0.4, -0.2) is 5.91 Å². The molecule has 4 N–H and O–H groups in total. The number of thioether (sulfide) groups is 1. The van der Waals surface area contributed by atoms with E-state index in [2.05, 4.69) is 0 Å². The highest BCUT2D eigenvalue weighted by Crippen LogP contribution is 2.31. The van der Waals surface area contributed by atoms with Crippen LogP contribution >= 0.6 is 23.4 Å². The van der Waals surface area contributed by atoms with Crippen LogP contribution in [0.3, 0.4) is 0 Å². The van der Waals surface area contributed by atoms with Crippen LogP contribution in [0.4, 0.5) is 5.69 Å². The molecule has 0 heterocycles. The normalized spacial score (nSPS) is 10.5. The Kier molecular flexibility index (Phi) is 4.57. The van der Waals surface area contributed by atoms with Crippen molar-refractivity contribution in [2.45, 2.75) is 17.6 Å². The van der Waals surface area contributed by atoms with Crippen molar-refractivity contribution in [2.75, 3.05) is 5.73 Å². The van der Waals surface area contributed by atoms with Crippen molar-refractivity contribution in [2.24, 2.45) is 5.73 Å². The second-order valence-electron chi connectivity index (χ2n) is 4.48. The van der Waals surface area contributed by atoms with Gasteiger partial charge >= 0.3 is 0 Å². The molecule has 0 aromatic heterocycles. The minimum atomic E-state index is -0.411. The fourth-order valence-electron chi connectivity index (χ4n) is 1.80. The van der Waals surface area contributed by atoms with E-state index in [1.807, 2.05) is 19.1 Å². The minimum absolute atomic E-state index is 0.411. The number of carbonyl (C=O) groups excluding carboxylic acids is 1. The summed E-state index contributed by atoms with van der Waals surface area (Å²) in [5.74, 6) is 0.349. The molecule has 5 heteroatoms. The predicted octanol–water partition coefficient (Wildman–Crippen LogP) is 3.62. The van der Waals surface area contributed by atoms with E-state index in [0.29, 0.717) is 16.3 Å². The smallest absolute Gasteiger partial charge is 0.248 e. The first-order valence-electron chi connectivity index (χ1n) is 6.04. The summed E-state index contributed by atoms with van der Waals surface area (Å²) < 4.78 is 0. The molecule has 0 aliphatic carbocycles. The second-order valence-corrected chi connectivity index (χ2v) is 5.93. The summed E-state index contributed by atoms with van der Waals surface area (Å²) in [5.41, 5.74) is 14.6. The van der Waals surface area contributed by atoms with E-state index in [1.165, 1.54) is 0 Å². The number of amides is 1. The average molecular weight is 307 g/mol. The third-order valence-electron chi connectivity index (χ3n) is 2.99. The lowest BCUT2D eigenvalue weighted by Gasteiger charge is -2.09. The first kappa shape index (κ1) is 14.8. The lowest BCUT2D eigenvalue weighted by atomic mass is 10.1. The van der Waals surface area contributed by atoms with Gasteiger partial charge in [-0.25, -0.2) is 0 Å². The molecule has 0 radical (unpaired) electrons. The van der Waals surface area contributed by atoms with Crippen molar-refractivity contribution in [1.82, 2.24) is 0 Å². The number of rotatable bonds is 4. The largest absolute Gasteiger partial charge is 0.398 e. The molecule has 104 valence electrons. The molecule has 2 rings (SSSR count). The van der Waals surface area contributed by atoms with Crippen LogP contribution in [0.2, 0.25) is 5.02 Å². The number of nitrogen functional groups attached to an aromatic ring is 1. The Hall–Kier alpha value is -1.65. The van der Waals surface area contributed by atoms with E-state index in [0.717, 1.165) is 21.8 Å². The number of hydrogen-bond donors (Lipinski definition) is 2. The first-order valence-corrected chi connectivity index (χ1v) is 7.41. The minimum Gasteiger partial charge on any atom is -0.398 e. The van der Waals surface area contributed by atoms with E-state index in [9.17, 15) is 4.79 Å². The molecular weight excluding hydrogens is 292 g/mol. The maximum Gasteiger partial charge on any atom is 0.248 e. The van der Waals surface area contributed by atoms with Gasteiger partial charge in [0.25, 0.3) is 0 Å². The van der Waals surface area contributed by atoms with Gasteiger partial charge in [-0.2, -0.15) is 0 Å². The number of aryl methyl sites for hydroxylation is 1. The predicted molar refractivity (Wildman–Crippen MR) is 85.1 cm³/mol. The zero-order chi connectivity index (χ0) is 14.7. The van der Waals surface area contributed by atoms with Gasteiger partial charge in [-0.05, 0) is 48.4 Å². The Morgan fingerprint density at radius 1 is 1.25 bits per heavy atom. The van der Waals surface area contributed by atoms with Gasteiger partial charge in [-0.3, -0.25) is 4.79 Å². The molecule has 0 atom stereocenters. The van der Waals surface area contributed by atoms with Crippen LogP contribution in [0.25, 0.3) is 0 Å². The summed E-state index contributed by atoms with van der Waals surface area (Å²) in [6.07, 6.45) is 0. The van der Waals surface area contributed by atoms with Gasteiger partial charge in [0.1, 0.15) is 0 Å². The van der Waals surface area contributed by atoms with Gasteiger partial charge in [0.2, 0.25) is 5.91 Å². The Labute approximate surface area is 127 Å². The van der Waals surface area contributed by atoms with Crippen molar-refractivity contribution in [3.05, 3.63) is 58.1 Å². The van der Waals surface area contributed by atoms with Gasteiger partial charge in [-0.1, -0.05) is 17.7 Å². The summed E-state index contributed by atoms with van der Waals surface area (Å²) in [6, 6.07) is 10.9. The van der Waals surface area contributed by atoms with E-state index in [-0.39, 0.29) is 0 Å². The summed E-state index contributed by atoms with van der Waals surface area (Å²) in [5, 5.41) is 0.669. The van der Waals surface area contributed by atoms with Crippen LogP contribution in [0.15, 0.2) is 41.3 Å². The molecule has 2 aromatic carbocycles. The number of hydrogen-bond acceptors (Lipinski definition) is 3. The van der Waals surface area contributed by atoms with Crippen LogP contribution < -0.4 is 11.5 Å². The monoisotopic (exact) mass is 306 g/mol. The summed E-state index contributed by atoms with van der Waals surface area (Å²) >= 11 is 7.58. The summed E-state index contributed by atoms with van der Waals surface area (Å²) in [6.45, 7) is 1.96. The molecule has 1 amide bonds. The molecular formula is C15H15ClN2OS. The van der Waals surface area contributed by atoms with E-state index in [4.69, 9.17) is 23.1 Å². The maximum atomic E-state index is 11.1. The first-order chi connectivity index (χ1) is 9.47. The number of halogens is 1. The molecule has 0 bridgehead atoms. The molecule has 0 aliphatic heterocycles. The van der Waals surface area contributed by atoms with Gasteiger partial charge in [0, 0.05) is 26.9 Å². The molecule has 20 heavy (non-hydrogen) atoms. The summed E-state index contributed by atoms with van der Waals surface area (Å²) in [4.78, 5) is 12.1. The van der Waals surface area contributed by atoms with Crippen molar-refractivity contribution in [3.63, 3.8) is 0 Å². The zero-order valence-electron chi connectivity index (χ0n) is 11.0. The van der Waals surface area contributed by atoms with E-state index < -0.39 is 5.91 Å². The third kappa shape index (κ3) is 3.46. The van der Waals surface area contributed by atoms with Crippen LogP contribution in [-0.2, 0) is 5.75 Å². The number of benzene rings is 2. The Balaban J connectivity index is 2.15. The Morgan fingerprint density at radius 3 is 2.65 bits per heavy atom. The quantitative estimate of drug-likeness (QED) is 0.669. The maximum absolute atomic E-state index is 11.1. The van der Waals surface area contributed by atoms with Crippen molar-refractivity contribution in [1.29, 1.82) is 0 Å². The highest BCUT2D eigenvalue weighted by atomic mass is 35.5. The fourth-order valence-corrected chi connectivity index (χ4v) is 3.12. The van der Waals surface area contributed by atoms with Crippen molar-refractivity contribution in [3.8, 4) is 0 Å². The van der Waals surface area contributed by atoms with Crippen LogP contribution in [0.5, 0.6) is 0 Å². The molecule has 0 fully saturated rings. The lowest BCUT2D eigenvalue weighted by molar-refractivity contribution is 0.1000. The molecule has 0 saturated carbocycles. The Bertz CT molecular complexity index is 658. The van der Waals surface area contributed by atoms with Crippen LogP contribution in [0.1, 0.15) is 21.5 Å². The van der Waals surface area contributed by atoms with Crippen molar-refractivity contribution >= 4 is 35.0 Å². The average Bonchev–Trinajstić information content (AvgIpc) is 2.40. The molecule has 0 saturated heterocycles. The number of anilines is 1. The number of nitrogens with two attached hydrogens (primary N) is 2. The highest BCUT2D eigenvalue weighted by Gasteiger charge is 2.06. The SMILES string of the molecule is Cc1cc(C(N)=O)ccc1CSc1cc(Cl)ccc1N. The van der Waals surface area contributed by atoms with Gasteiger partial charge in [-0.15, -0.1) is 11.8 Å². The van der Waals surface area contributed by atoms with Crippen LogP contribution in [0, 0.1) is 6.92 Å². The third-order valence-corrected chi connectivity index (χ3v) is 4.34. The zero-order valence-corrected chi connectivity index (χ0v) is 12.6. The van der Waals surface area contributed by atoms with Crippen molar-refractivity contribution < 1.29 is 4.79 Å². The molecule has 0 aliphatic rings. The fraction of sp³-hybridized carbons (Fsp3) is 0.133. The van der Waals surface area contributed by atoms with Gasteiger partial charge in [0.05, 0.1) is 0 Å². The number of carbonyl (C=O) groups is 1. The topological polar surface area (TPSA) is 69.1 Å². The molecule has 3 nitrogen and oxygen atoms in total. The lowest BCUT2D eigenvalue weighted by Crippen LogP contribution is -2.11. The standard InChI is InChI=1S/C15H15ClN2OS/c1-9-6-10(15(18)19)2-3-11(9)8-20-14-7-12(16)4-5-13(14)17/h2-7H,8,17H2,1H3,(H2,18,19). The Morgan fingerprint density at radius 2 is 2.00 bits per heavy atom. The molecule has 0 unspecified atom stereocenters. The number of primary amides is 1. The van der Waals surface area contributed by atoms with E-state index in [1.54, 1.807) is 36.0 Å². The molecule has 2 aromatic rings. The van der Waals surface area contributed by atoms with Gasteiger partial charge < -0.3 is 11.5 Å². The second kappa shape index (κ2) is 6.20. The highest BCUT2D eigenvalue weighted by molar-refractivity contribution is 7.98.